The van der Waals surface area contributed by atoms with E-state index in [1.165, 1.54) is 34.9 Å². The molecule has 32 heavy (non-hydrogen) atoms. The van der Waals surface area contributed by atoms with Gasteiger partial charge in [0.15, 0.2) is 0 Å². The molecule has 0 aliphatic heterocycles. The molecule has 0 N–H and O–H groups in total. The summed E-state index contributed by atoms with van der Waals surface area (Å²) in [6.45, 7) is 6.47. The van der Waals surface area contributed by atoms with E-state index in [1.54, 1.807) is 12.1 Å². The van der Waals surface area contributed by atoms with Gasteiger partial charge in [0.1, 0.15) is 0 Å². The molecular formula is C26H30N2O3S. The molecule has 1 aliphatic carbocycles. The van der Waals surface area contributed by atoms with Crippen LogP contribution < -0.4 is 0 Å². The van der Waals surface area contributed by atoms with E-state index in [0.29, 0.717) is 24.3 Å². The first-order valence-corrected chi connectivity index (χ1v) is 12.8. The number of carbonyl (C=O) groups is 1. The van der Waals surface area contributed by atoms with Crippen molar-refractivity contribution in [2.75, 3.05) is 13.1 Å². The van der Waals surface area contributed by atoms with Crippen molar-refractivity contribution in [3.05, 3.63) is 77.1 Å². The Bertz CT molecular complexity index is 1280. The maximum Gasteiger partial charge on any atom is 0.243 e. The number of nitrogens with zero attached hydrogens (tertiary/aromatic N) is 2. The molecule has 4 rings (SSSR count). The van der Waals surface area contributed by atoms with E-state index in [4.69, 9.17) is 0 Å². The van der Waals surface area contributed by atoms with Crippen molar-refractivity contribution in [2.24, 2.45) is 0 Å². The third kappa shape index (κ3) is 3.82. The van der Waals surface area contributed by atoms with Gasteiger partial charge >= 0.3 is 0 Å². The van der Waals surface area contributed by atoms with Crippen LogP contribution in [0, 0.1) is 6.92 Å². The van der Waals surface area contributed by atoms with E-state index in [2.05, 4.69) is 12.1 Å². The number of hydrogen-bond acceptors (Lipinski definition) is 3. The summed E-state index contributed by atoms with van der Waals surface area (Å²) in [5.74, 6) is -0.0989. The number of aromatic nitrogens is 1. The molecule has 1 aliphatic rings. The third-order valence-electron chi connectivity index (χ3n) is 6.37. The van der Waals surface area contributed by atoms with Gasteiger partial charge in [-0.1, -0.05) is 26.0 Å². The molecule has 1 aromatic carbocycles. The van der Waals surface area contributed by atoms with Gasteiger partial charge in [0.05, 0.1) is 16.1 Å². The smallest absolute Gasteiger partial charge is 0.243 e. The number of carbonyl (C=O) groups excluding carboxylic acids is 1. The van der Waals surface area contributed by atoms with Crippen molar-refractivity contribution < 1.29 is 13.2 Å². The number of allylic oxidation sites excluding steroid dienone is 2. The molecule has 5 nitrogen and oxygen atoms in total. The van der Waals surface area contributed by atoms with Crippen LogP contribution in [0.2, 0.25) is 0 Å². The monoisotopic (exact) mass is 450 g/mol. The Morgan fingerprint density at radius 2 is 1.75 bits per heavy atom. The Morgan fingerprint density at radius 1 is 1.03 bits per heavy atom. The molecular weight excluding hydrogens is 420 g/mol. The molecule has 0 atom stereocenters. The number of pyridine rings is 1. The fourth-order valence-electron chi connectivity index (χ4n) is 4.71. The van der Waals surface area contributed by atoms with Crippen molar-refractivity contribution in [3.63, 3.8) is 0 Å². The first-order valence-electron chi connectivity index (χ1n) is 11.3. The zero-order valence-corrected chi connectivity index (χ0v) is 19.8. The zero-order valence-electron chi connectivity index (χ0n) is 19.0. The predicted octanol–water partition coefficient (Wildman–Crippen LogP) is 5.47. The molecule has 0 saturated carbocycles. The second-order valence-corrected chi connectivity index (χ2v) is 10.2. The topological polar surface area (TPSA) is 58.9 Å². The zero-order chi connectivity index (χ0) is 22.9. The van der Waals surface area contributed by atoms with Crippen LogP contribution in [-0.4, -0.2) is 36.0 Å². The minimum absolute atomic E-state index is 0.0989. The van der Waals surface area contributed by atoms with Gasteiger partial charge in [0.25, 0.3) is 0 Å². The molecule has 168 valence electrons. The van der Waals surface area contributed by atoms with Gasteiger partial charge in [-0.05, 0) is 80.1 Å². The Kier molecular flexibility index (Phi) is 6.35. The highest BCUT2D eigenvalue weighted by Gasteiger charge is 2.25. The lowest BCUT2D eigenvalue weighted by Crippen LogP contribution is -2.30. The summed E-state index contributed by atoms with van der Waals surface area (Å²) in [5.41, 5.74) is 5.63. The average Bonchev–Trinajstić information content (AvgIpc) is 3.11. The van der Waals surface area contributed by atoms with Crippen molar-refractivity contribution in [3.8, 4) is 0 Å². The standard InChI is InChI=1S/C26H30N2O3S/c1-4-27(5-2)32(30,31)22-16-14-21(15-17-22)26(29)25-19(3)24(20-11-7-6-8-12-20)23-13-9-10-18-28(23)25/h9-11,13-18H,4-8,12H2,1-3H3. The SMILES string of the molecule is CCN(CC)S(=O)(=O)c1ccc(C(=O)c2c(C)c(C3=CCCCC3)c3ccccn23)cc1. The molecule has 0 fully saturated rings. The lowest BCUT2D eigenvalue weighted by molar-refractivity contribution is 0.103. The van der Waals surface area contributed by atoms with Crippen LogP contribution in [0.5, 0.6) is 0 Å². The maximum atomic E-state index is 13.6. The quantitative estimate of drug-likeness (QED) is 0.449. The summed E-state index contributed by atoms with van der Waals surface area (Å²) in [6, 6.07) is 12.3. The summed E-state index contributed by atoms with van der Waals surface area (Å²) in [4.78, 5) is 13.8. The summed E-state index contributed by atoms with van der Waals surface area (Å²) >= 11 is 0. The maximum absolute atomic E-state index is 13.6. The van der Waals surface area contributed by atoms with E-state index in [1.807, 2.05) is 43.5 Å². The first kappa shape index (κ1) is 22.5. The van der Waals surface area contributed by atoms with Crippen LogP contribution in [0.4, 0.5) is 0 Å². The molecule has 2 heterocycles. The number of rotatable bonds is 7. The van der Waals surface area contributed by atoms with Crippen molar-refractivity contribution in [1.29, 1.82) is 0 Å². The second kappa shape index (κ2) is 9.04. The van der Waals surface area contributed by atoms with Crippen LogP contribution in [0.15, 0.2) is 59.6 Å². The van der Waals surface area contributed by atoms with Gasteiger partial charge < -0.3 is 4.40 Å². The normalized spacial score (nSPS) is 14.7. The van der Waals surface area contributed by atoms with Crippen molar-refractivity contribution in [1.82, 2.24) is 8.71 Å². The van der Waals surface area contributed by atoms with E-state index >= 15 is 0 Å². The molecule has 2 aromatic heterocycles. The minimum Gasteiger partial charge on any atom is -0.313 e. The minimum atomic E-state index is -3.55. The first-order chi connectivity index (χ1) is 15.4. The second-order valence-electron chi connectivity index (χ2n) is 8.22. The van der Waals surface area contributed by atoms with E-state index < -0.39 is 10.0 Å². The number of fused-ring (bicyclic) bond motifs is 1. The summed E-state index contributed by atoms with van der Waals surface area (Å²) in [6.07, 6.45) is 8.72. The van der Waals surface area contributed by atoms with Gasteiger partial charge in [-0.3, -0.25) is 4.79 Å². The summed E-state index contributed by atoms with van der Waals surface area (Å²) < 4.78 is 29.0. The fraction of sp³-hybridized carbons (Fsp3) is 0.346. The third-order valence-corrected chi connectivity index (χ3v) is 8.44. The van der Waals surface area contributed by atoms with Gasteiger partial charge in [0.2, 0.25) is 15.8 Å². The van der Waals surface area contributed by atoms with E-state index in [0.717, 1.165) is 29.5 Å². The molecule has 0 unspecified atom stereocenters. The van der Waals surface area contributed by atoms with Crippen LogP contribution >= 0.6 is 0 Å². The molecule has 0 radical (unpaired) electrons. The number of sulfonamides is 1. The van der Waals surface area contributed by atoms with Crippen LogP contribution in [0.3, 0.4) is 0 Å². The van der Waals surface area contributed by atoms with Crippen molar-refractivity contribution >= 4 is 26.9 Å². The molecule has 0 saturated heterocycles. The summed E-state index contributed by atoms with van der Waals surface area (Å²) in [5, 5.41) is 0. The highest BCUT2D eigenvalue weighted by molar-refractivity contribution is 7.89. The Balaban J connectivity index is 1.77. The number of ketones is 1. The van der Waals surface area contributed by atoms with Gasteiger partial charge in [-0.25, -0.2) is 8.42 Å². The Labute approximate surface area is 190 Å². The Morgan fingerprint density at radius 3 is 2.38 bits per heavy atom. The number of hydrogen-bond donors (Lipinski definition) is 0. The molecule has 3 aromatic rings. The molecule has 6 heteroatoms. The molecule has 0 spiro atoms. The predicted molar refractivity (Wildman–Crippen MR) is 129 cm³/mol. The van der Waals surface area contributed by atoms with Gasteiger partial charge in [0, 0.05) is 30.4 Å². The number of benzene rings is 1. The van der Waals surface area contributed by atoms with Gasteiger partial charge in [-0.15, -0.1) is 0 Å². The fourth-order valence-corrected chi connectivity index (χ4v) is 6.17. The van der Waals surface area contributed by atoms with E-state index in [9.17, 15) is 13.2 Å². The Hall–Kier alpha value is -2.70. The summed E-state index contributed by atoms with van der Waals surface area (Å²) in [7, 11) is -3.55. The lowest BCUT2D eigenvalue weighted by atomic mass is 9.91. The van der Waals surface area contributed by atoms with Crippen LogP contribution in [-0.2, 0) is 10.0 Å². The lowest BCUT2D eigenvalue weighted by Gasteiger charge is -2.18. The largest absolute Gasteiger partial charge is 0.313 e. The highest BCUT2D eigenvalue weighted by atomic mass is 32.2. The molecule has 0 amide bonds. The highest BCUT2D eigenvalue weighted by Crippen LogP contribution is 2.35. The average molecular weight is 451 g/mol. The van der Waals surface area contributed by atoms with Crippen LogP contribution in [0.25, 0.3) is 11.1 Å². The van der Waals surface area contributed by atoms with Crippen molar-refractivity contribution in [2.45, 2.75) is 51.3 Å². The van der Waals surface area contributed by atoms with Gasteiger partial charge in [-0.2, -0.15) is 4.31 Å². The van der Waals surface area contributed by atoms with E-state index in [-0.39, 0.29) is 10.7 Å². The molecule has 0 bridgehead atoms. The van der Waals surface area contributed by atoms with Crippen LogP contribution in [0.1, 0.15) is 66.7 Å².